The van der Waals surface area contributed by atoms with Gasteiger partial charge in [-0.25, -0.2) is 9.78 Å². The first-order valence-electron chi connectivity index (χ1n) is 7.93. The van der Waals surface area contributed by atoms with E-state index in [0.717, 1.165) is 22.4 Å². The maximum atomic E-state index is 11.7. The fraction of sp³-hybridized carbons (Fsp3) is 0.263. The van der Waals surface area contributed by atoms with Crippen LogP contribution in [0.3, 0.4) is 0 Å². The second kappa shape index (κ2) is 7.06. The van der Waals surface area contributed by atoms with Crippen molar-refractivity contribution in [2.45, 2.75) is 26.3 Å². The number of hydrogen-bond donors (Lipinski definition) is 0. The predicted octanol–water partition coefficient (Wildman–Crippen LogP) is 5.30. The number of esters is 1. The van der Waals surface area contributed by atoms with Crippen molar-refractivity contribution in [2.24, 2.45) is 0 Å². The third-order valence-corrected chi connectivity index (χ3v) is 4.75. The van der Waals surface area contributed by atoms with E-state index in [1.807, 2.05) is 24.3 Å². The molecule has 25 heavy (non-hydrogen) atoms. The number of methoxy groups -OCH3 is 1. The summed E-state index contributed by atoms with van der Waals surface area (Å²) in [5.41, 5.74) is 3.27. The van der Waals surface area contributed by atoms with Crippen LogP contribution in [0, 0.1) is 0 Å². The number of rotatable bonds is 4. The number of ether oxygens (including phenoxy) is 1. The van der Waals surface area contributed by atoms with Crippen LogP contribution in [0.25, 0.3) is 11.0 Å². The van der Waals surface area contributed by atoms with E-state index in [1.165, 1.54) is 7.11 Å². The molecule has 0 fully saturated rings. The number of aromatic nitrogens is 2. The van der Waals surface area contributed by atoms with E-state index in [4.69, 9.17) is 32.9 Å². The van der Waals surface area contributed by atoms with Crippen molar-refractivity contribution < 1.29 is 9.53 Å². The molecular formula is C19H18Cl2N2O2. The summed E-state index contributed by atoms with van der Waals surface area (Å²) in [7, 11) is 1.38. The first-order chi connectivity index (χ1) is 11.9. The number of carbonyl (C=O) groups is 1. The Morgan fingerprint density at radius 1 is 1.20 bits per heavy atom. The Labute approximate surface area is 156 Å². The van der Waals surface area contributed by atoms with E-state index >= 15 is 0 Å². The Balaban J connectivity index is 2.07. The van der Waals surface area contributed by atoms with Gasteiger partial charge in [0.1, 0.15) is 5.82 Å². The van der Waals surface area contributed by atoms with Crippen molar-refractivity contribution >= 4 is 40.2 Å². The number of carbonyl (C=O) groups excluding carboxylic acids is 1. The summed E-state index contributed by atoms with van der Waals surface area (Å²) in [6.07, 6.45) is 0.590. The second-order valence-electron chi connectivity index (χ2n) is 6.12. The molecule has 4 nitrogen and oxygen atoms in total. The lowest BCUT2D eigenvalue weighted by atomic mass is 10.1. The topological polar surface area (TPSA) is 44.1 Å². The van der Waals surface area contributed by atoms with E-state index in [9.17, 15) is 4.79 Å². The molecule has 6 heteroatoms. The molecular weight excluding hydrogens is 359 g/mol. The van der Waals surface area contributed by atoms with Gasteiger partial charge in [-0.2, -0.15) is 0 Å². The van der Waals surface area contributed by atoms with Gasteiger partial charge in [0, 0.05) is 12.5 Å². The molecule has 0 unspecified atom stereocenters. The number of halogens is 2. The molecule has 0 saturated heterocycles. The van der Waals surface area contributed by atoms with E-state index in [1.54, 1.807) is 12.1 Å². The molecule has 3 rings (SSSR count). The van der Waals surface area contributed by atoms with E-state index in [0.29, 0.717) is 22.0 Å². The summed E-state index contributed by atoms with van der Waals surface area (Å²) in [4.78, 5) is 16.5. The molecule has 0 bridgehead atoms. The van der Waals surface area contributed by atoms with Crippen molar-refractivity contribution in [2.75, 3.05) is 7.11 Å². The molecule has 0 aliphatic rings. The normalized spacial score (nSPS) is 11.3. The molecule has 0 radical (unpaired) electrons. The number of nitrogens with zero attached hydrogens (tertiary/aromatic N) is 2. The maximum Gasteiger partial charge on any atom is 0.337 e. The molecule has 1 aromatic heterocycles. The summed E-state index contributed by atoms with van der Waals surface area (Å²) in [5, 5.41) is 0.997. The highest BCUT2D eigenvalue weighted by Gasteiger charge is 2.16. The number of imidazole rings is 1. The highest BCUT2D eigenvalue weighted by molar-refractivity contribution is 6.42. The fourth-order valence-electron chi connectivity index (χ4n) is 2.95. The van der Waals surface area contributed by atoms with Gasteiger partial charge >= 0.3 is 5.97 Å². The molecule has 1 heterocycles. The van der Waals surface area contributed by atoms with Gasteiger partial charge in [-0.05, 0) is 43.7 Å². The summed E-state index contributed by atoms with van der Waals surface area (Å²) in [6.45, 7) is 4.19. The molecule has 0 atom stereocenters. The van der Waals surface area contributed by atoms with Crippen molar-refractivity contribution in [3.8, 4) is 0 Å². The van der Waals surface area contributed by atoms with E-state index < -0.39 is 0 Å². The molecule has 3 aromatic rings. The van der Waals surface area contributed by atoms with Crippen LogP contribution in [0.5, 0.6) is 0 Å². The van der Waals surface area contributed by atoms with Gasteiger partial charge in [-0.3, -0.25) is 0 Å². The first kappa shape index (κ1) is 17.8. The minimum atomic E-state index is -0.349. The lowest BCUT2D eigenvalue weighted by molar-refractivity contribution is 0.0600. The lowest BCUT2D eigenvalue weighted by Gasteiger charge is -2.13. The van der Waals surface area contributed by atoms with Crippen LogP contribution in [0.15, 0.2) is 36.4 Å². The van der Waals surface area contributed by atoms with Gasteiger partial charge in [0.05, 0.1) is 33.8 Å². The molecule has 2 aromatic carbocycles. The van der Waals surface area contributed by atoms with E-state index in [2.05, 4.69) is 18.4 Å². The Bertz CT molecular complexity index is 948. The summed E-state index contributed by atoms with van der Waals surface area (Å²) in [5.74, 6) is 0.545. The molecule has 0 N–H and O–H groups in total. The maximum absolute atomic E-state index is 11.7. The number of hydrogen-bond acceptors (Lipinski definition) is 3. The Hall–Kier alpha value is -2.04. The zero-order valence-corrected chi connectivity index (χ0v) is 15.7. The highest BCUT2D eigenvalue weighted by atomic mass is 35.5. The van der Waals surface area contributed by atoms with Gasteiger partial charge in [0.15, 0.2) is 0 Å². The van der Waals surface area contributed by atoms with Gasteiger partial charge in [-0.1, -0.05) is 35.3 Å². The van der Waals surface area contributed by atoms with E-state index in [-0.39, 0.29) is 12.0 Å². The van der Waals surface area contributed by atoms with Crippen molar-refractivity contribution in [1.29, 1.82) is 0 Å². The second-order valence-corrected chi connectivity index (χ2v) is 6.93. The third kappa shape index (κ3) is 3.51. The highest BCUT2D eigenvalue weighted by Crippen LogP contribution is 2.30. The minimum absolute atomic E-state index is 0.209. The molecule has 0 saturated carbocycles. The first-order valence-corrected chi connectivity index (χ1v) is 8.69. The monoisotopic (exact) mass is 376 g/mol. The van der Waals surface area contributed by atoms with Crippen LogP contribution in [0.1, 0.15) is 41.6 Å². The predicted molar refractivity (Wildman–Crippen MR) is 101 cm³/mol. The van der Waals surface area contributed by atoms with Crippen molar-refractivity contribution in [1.82, 2.24) is 9.55 Å². The van der Waals surface area contributed by atoms with Crippen LogP contribution in [-0.2, 0) is 11.2 Å². The molecule has 0 amide bonds. The van der Waals surface area contributed by atoms with Crippen LogP contribution < -0.4 is 0 Å². The summed E-state index contributed by atoms with van der Waals surface area (Å²) < 4.78 is 6.93. The van der Waals surface area contributed by atoms with Gasteiger partial charge < -0.3 is 9.30 Å². The van der Waals surface area contributed by atoms with Crippen LogP contribution in [-0.4, -0.2) is 22.6 Å². The summed E-state index contributed by atoms with van der Waals surface area (Å²) >= 11 is 12.3. The summed E-state index contributed by atoms with van der Waals surface area (Å²) in [6, 6.07) is 11.2. The van der Waals surface area contributed by atoms with Crippen molar-refractivity contribution in [3.63, 3.8) is 0 Å². The zero-order valence-electron chi connectivity index (χ0n) is 14.2. The van der Waals surface area contributed by atoms with Crippen LogP contribution in [0.2, 0.25) is 10.0 Å². The fourth-order valence-corrected chi connectivity index (χ4v) is 3.27. The van der Waals surface area contributed by atoms with Crippen molar-refractivity contribution in [3.05, 3.63) is 63.4 Å². The lowest BCUT2D eigenvalue weighted by Crippen LogP contribution is -2.08. The average Bonchev–Trinajstić information content (AvgIpc) is 2.91. The zero-order chi connectivity index (χ0) is 18.1. The number of benzene rings is 2. The minimum Gasteiger partial charge on any atom is -0.465 e. The SMILES string of the molecule is COC(=O)c1cccc(Cc2nc3cc(Cl)c(Cl)cc3n2C(C)C)c1. The Morgan fingerprint density at radius 2 is 1.92 bits per heavy atom. The Morgan fingerprint density at radius 3 is 2.60 bits per heavy atom. The van der Waals surface area contributed by atoms with Gasteiger partial charge in [0.2, 0.25) is 0 Å². The standard InChI is InChI=1S/C19H18Cl2N2O2/c1-11(2)23-17-10-15(21)14(20)9-16(17)22-18(23)8-12-5-4-6-13(7-12)19(24)25-3/h4-7,9-11H,8H2,1-3H3. The third-order valence-electron chi connectivity index (χ3n) is 4.03. The van der Waals surface area contributed by atoms with Gasteiger partial charge in [-0.15, -0.1) is 0 Å². The quantitative estimate of drug-likeness (QED) is 0.580. The molecule has 0 aliphatic heterocycles. The molecule has 0 spiro atoms. The van der Waals surface area contributed by atoms with Crippen LogP contribution in [0.4, 0.5) is 0 Å². The Kier molecular flexibility index (Phi) is 5.02. The number of fused-ring (bicyclic) bond motifs is 1. The largest absolute Gasteiger partial charge is 0.465 e. The van der Waals surface area contributed by atoms with Crippen LogP contribution >= 0.6 is 23.2 Å². The van der Waals surface area contributed by atoms with Gasteiger partial charge in [0.25, 0.3) is 0 Å². The smallest absolute Gasteiger partial charge is 0.337 e. The molecule has 130 valence electrons. The average molecular weight is 377 g/mol. The molecule has 0 aliphatic carbocycles.